The normalized spacial score (nSPS) is 30.4. The van der Waals surface area contributed by atoms with Crippen LogP contribution in [-0.2, 0) is 0 Å². The first-order valence-corrected chi connectivity index (χ1v) is 10.1. The van der Waals surface area contributed by atoms with Gasteiger partial charge >= 0.3 is 0 Å². The molecule has 0 radical (unpaired) electrons. The molecular formula is C22H25N5O3. The maximum Gasteiger partial charge on any atom is 0.233 e. The molecule has 2 bridgehead atoms. The number of aromatic nitrogens is 4. The van der Waals surface area contributed by atoms with E-state index in [0.29, 0.717) is 23.6 Å². The van der Waals surface area contributed by atoms with E-state index in [1.807, 2.05) is 29.8 Å². The van der Waals surface area contributed by atoms with Crippen molar-refractivity contribution in [1.82, 2.24) is 25.1 Å². The molecule has 2 fully saturated rings. The number of ether oxygens (including phenoxy) is 1. The van der Waals surface area contributed by atoms with Gasteiger partial charge in [-0.15, -0.1) is 10.2 Å². The molecule has 2 aliphatic rings. The van der Waals surface area contributed by atoms with E-state index in [0.717, 1.165) is 18.5 Å². The number of aliphatic hydroxyl groups is 1. The molecule has 0 amide bonds. The molecule has 2 aliphatic heterocycles. The van der Waals surface area contributed by atoms with Crippen LogP contribution in [0.5, 0.6) is 11.6 Å². The highest BCUT2D eigenvalue weighted by Crippen LogP contribution is 2.43. The number of nitrogens with zero attached hydrogens (tertiary/aromatic N) is 4. The third kappa shape index (κ3) is 3.32. The fourth-order valence-corrected chi connectivity index (χ4v) is 4.93. The summed E-state index contributed by atoms with van der Waals surface area (Å²) >= 11 is 0. The van der Waals surface area contributed by atoms with Gasteiger partial charge in [-0.1, -0.05) is 0 Å². The van der Waals surface area contributed by atoms with Crippen LogP contribution < -0.4 is 10.1 Å². The van der Waals surface area contributed by atoms with E-state index in [1.54, 1.807) is 30.7 Å². The number of piperidine rings is 1. The summed E-state index contributed by atoms with van der Waals surface area (Å²) in [6.45, 7) is 4.17. The van der Waals surface area contributed by atoms with Crippen LogP contribution >= 0.6 is 0 Å². The van der Waals surface area contributed by atoms with Gasteiger partial charge in [0, 0.05) is 54.0 Å². The zero-order valence-electron chi connectivity index (χ0n) is 17.0. The van der Waals surface area contributed by atoms with Gasteiger partial charge in [-0.3, -0.25) is 0 Å². The maximum atomic E-state index is 10.5. The fourth-order valence-electron chi connectivity index (χ4n) is 4.93. The van der Waals surface area contributed by atoms with Crippen molar-refractivity contribution >= 4 is 0 Å². The van der Waals surface area contributed by atoms with Gasteiger partial charge in [0.1, 0.15) is 11.9 Å². The Bertz CT molecular complexity index is 1060. The van der Waals surface area contributed by atoms with E-state index in [-0.39, 0.29) is 29.0 Å². The van der Waals surface area contributed by atoms with Crippen molar-refractivity contribution in [3.8, 4) is 28.6 Å². The van der Waals surface area contributed by atoms with Crippen LogP contribution in [0.15, 0.2) is 49.1 Å². The van der Waals surface area contributed by atoms with Crippen LogP contribution in [0.25, 0.3) is 16.9 Å². The number of fused-ring (bicyclic) bond motifs is 2. The van der Waals surface area contributed by atoms with Gasteiger partial charge in [0.25, 0.3) is 0 Å². The van der Waals surface area contributed by atoms with Gasteiger partial charge in [-0.2, -0.15) is 0 Å². The van der Waals surface area contributed by atoms with Gasteiger partial charge < -0.3 is 24.8 Å². The number of imidazole rings is 1. The lowest BCUT2D eigenvalue weighted by atomic mass is 9.86. The molecule has 5 rings (SSSR count). The smallest absolute Gasteiger partial charge is 0.233 e. The monoisotopic (exact) mass is 407 g/mol. The molecule has 0 aliphatic carbocycles. The zero-order valence-corrected chi connectivity index (χ0v) is 17.0. The quantitative estimate of drug-likeness (QED) is 0.610. The first-order chi connectivity index (χ1) is 14.3. The Kier molecular flexibility index (Phi) is 4.30. The summed E-state index contributed by atoms with van der Waals surface area (Å²) < 4.78 is 7.92. The number of rotatable bonds is 4. The predicted octanol–water partition coefficient (Wildman–Crippen LogP) is 2.45. The van der Waals surface area contributed by atoms with Crippen molar-refractivity contribution in [2.75, 3.05) is 0 Å². The molecule has 4 atom stereocenters. The minimum atomic E-state index is -0.377. The zero-order chi connectivity index (χ0) is 20.9. The number of phenols is 1. The predicted molar refractivity (Wildman–Crippen MR) is 110 cm³/mol. The SMILES string of the molecule is C[C@]12C[C@H](Oc3ccc(-c4ccc(-n5ccnc5)cc4O)nn3)C[C@](C)(N1)[C@H](O)C2. The lowest BCUT2D eigenvalue weighted by molar-refractivity contribution is 0.0434. The largest absolute Gasteiger partial charge is 0.507 e. The second kappa shape index (κ2) is 6.78. The van der Waals surface area contributed by atoms with Crippen molar-refractivity contribution in [2.45, 2.75) is 56.4 Å². The Morgan fingerprint density at radius 3 is 2.67 bits per heavy atom. The molecule has 1 aromatic carbocycles. The summed E-state index contributed by atoms with van der Waals surface area (Å²) in [5, 5.41) is 32.9. The van der Waals surface area contributed by atoms with E-state index in [2.05, 4.69) is 27.4 Å². The van der Waals surface area contributed by atoms with Crippen molar-refractivity contribution < 1.29 is 14.9 Å². The summed E-state index contributed by atoms with van der Waals surface area (Å²) in [7, 11) is 0. The third-order valence-electron chi connectivity index (χ3n) is 6.28. The van der Waals surface area contributed by atoms with E-state index in [4.69, 9.17) is 4.74 Å². The molecule has 30 heavy (non-hydrogen) atoms. The Morgan fingerprint density at radius 1 is 1.13 bits per heavy atom. The number of hydrogen-bond acceptors (Lipinski definition) is 7. The average Bonchev–Trinajstić information content (AvgIpc) is 3.27. The average molecular weight is 407 g/mol. The molecule has 2 aromatic heterocycles. The van der Waals surface area contributed by atoms with Crippen LogP contribution in [0.4, 0.5) is 0 Å². The summed E-state index contributed by atoms with van der Waals surface area (Å²) in [6.07, 6.45) is 7.00. The molecule has 156 valence electrons. The Balaban J connectivity index is 1.32. The van der Waals surface area contributed by atoms with Gasteiger partial charge in [0.05, 0.1) is 23.8 Å². The first kappa shape index (κ1) is 19.0. The molecular weight excluding hydrogens is 382 g/mol. The number of aliphatic hydroxyl groups excluding tert-OH is 1. The molecule has 0 saturated carbocycles. The topological polar surface area (TPSA) is 105 Å². The Morgan fingerprint density at radius 2 is 2.00 bits per heavy atom. The van der Waals surface area contributed by atoms with E-state index < -0.39 is 0 Å². The van der Waals surface area contributed by atoms with E-state index in [1.165, 1.54) is 0 Å². The van der Waals surface area contributed by atoms with Crippen molar-refractivity contribution in [3.05, 3.63) is 49.1 Å². The van der Waals surface area contributed by atoms with Gasteiger partial charge in [-0.25, -0.2) is 4.98 Å². The summed E-state index contributed by atoms with van der Waals surface area (Å²) in [4.78, 5) is 4.02. The molecule has 2 saturated heterocycles. The van der Waals surface area contributed by atoms with Gasteiger partial charge in [-0.05, 0) is 38.5 Å². The maximum absolute atomic E-state index is 10.5. The Hall–Kier alpha value is -2.97. The second-order valence-electron chi connectivity index (χ2n) is 8.90. The summed E-state index contributed by atoms with van der Waals surface area (Å²) in [5.74, 6) is 0.565. The number of hydrogen-bond donors (Lipinski definition) is 3. The van der Waals surface area contributed by atoms with Crippen molar-refractivity contribution in [1.29, 1.82) is 0 Å². The van der Waals surface area contributed by atoms with Crippen LogP contribution in [0.3, 0.4) is 0 Å². The number of benzene rings is 1. The summed E-state index contributed by atoms with van der Waals surface area (Å²) in [5.41, 5.74) is 1.50. The molecule has 3 aromatic rings. The molecule has 8 heteroatoms. The molecule has 0 unspecified atom stereocenters. The standard InChI is InChI=1S/C22H25N5O3/c1-21-10-15(11-22(2,26-21)19(29)12-21)30-20-6-5-17(24-25-20)16-4-3-14(9-18(16)28)27-8-7-23-13-27/h3-9,13,15,19,26,28-29H,10-12H2,1-2H3/t15-,19+,21+,22-/m0/s1. The summed E-state index contributed by atoms with van der Waals surface area (Å²) in [6, 6.07) is 8.93. The van der Waals surface area contributed by atoms with Crippen LogP contribution in [0, 0.1) is 0 Å². The number of nitrogens with one attached hydrogen (secondary N) is 1. The van der Waals surface area contributed by atoms with Gasteiger partial charge in [0.2, 0.25) is 5.88 Å². The molecule has 8 nitrogen and oxygen atoms in total. The first-order valence-electron chi connectivity index (χ1n) is 10.1. The molecule has 3 N–H and O–H groups in total. The highest BCUT2D eigenvalue weighted by molar-refractivity contribution is 5.68. The highest BCUT2D eigenvalue weighted by atomic mass is 16.5. The van der Waals surface area contributed by atoms with E-state index >= 15 is 0 Å². The minimum Gasteiger partial charge on any atom is -0.507 e. The van der Waals surface area contributed by atoms with E-state index in [9.17, 15) is 10.2 Å². The Labute approximate surface area is 174 Å². The van der Waals surface area contributed by atoms with Gasteiger partial charge in [0.15, 0.2) is 0 Å². The van der Waals surface area contributed by atoms with Crippen molar-refractivity contribution in [3.63, 3.8) is 0 Å². The lowest BCUT2D eigenvalue weighted by Gasteiger charge is -2.41. The fraction of sp³-hybridized carbons (Fsp3) is 0.409. The second-order valence-corrected chi connectivity index (χ2v) is 8.90. The van der Waals surface area contributed by atoms with Crippen molar-refractivity contribution in [2.24, 2.45) is 0 Å². The third-order valence-corrected chi connectivity index (χ3v) is 6.28. The molecule has 4 heterocycles. The minimum absolute atomic E-state index is 0.0404. The van der Waals surface area contributed by atoms with Crippen LogP contribution in [0.2, 0.25) is 0 Å². The number of phenolic OH excluding ortho intramolecular Hbond substituents is 1. The highest BCUT2D eigenvalue weighted by Gasteiger charge is 2.54. The van der Waals surface area contributed by atoms with Crippen LogP contribution in [-0.4, -0.2) is 53.2 Å². The van der Waals surface area contributed by atoms with Crippen LogP contribution in [0.1, 0.15) is 33.1 Å². The molecule has 0 spiro atoms. The lowest BCUT2D eigenvalue weighted by Crippen LogP contribution is -2.58. The number of aromatic hydroxyl groups is 1.